The van der Waals surface area contributed by atoms with E-state index < -0.39 is 17.7 Å². The van der Waals surface area contributed by atoms with Gasteiger partial charge in [-0.2, -0.15) is 0 Å². The molecule has 1 unspecified atom stereocenters. The van der Waals surface area contributed by atoms with Crippen LogP contribution in [-0.4, -0.2) is 73.1 Å². The Morgan fingerprint density at radius 1 is 0.833 bits per heavy atom. The van der Waals surface area contributed by atoms with Gasteiger partial charge in [0.25, 0.3) is 11.7 Å². The summed E-state index contributed by atoms with van der Waals surface area (Å²) in [5.41, 5.74) is 4.28. The highest BCUT2D eigenvalue weighted by molar-refractivity contribution is 6.46. The number of carbonyl (C=O) groups excluding carboxylic acids is 2. The van der Waals surface area contributed by atoms with Crippen LogP contribution in [0.1, 0.15) is 33.9 Å². The molecule has 2 saturated heterocycles. The van der Waals surface area contributed by atoms with E-state index in [1.807, 2.05) is 67.6 Å². The summed E-state index contributed by atoms with van der Waals surface area (Å²) in [5, 5.41) is 11.7. The van der Waals surface area contributed by atoms with E-state index in [1.165, 1.54) is 0 Å². The summed E-state index contributed by atoms with van der Waals surface area (Å²) in [7, 11) is 1.55. The molecule has 4 aromatic carbocycles. The first kappa shape index (κ1) is 32.8. The number of hydrogen-bond donors (Lipinski definition) is 1. The van der Waals surface area contributed by atoms with Gasteiger partial charge in [0.1, 0.15) is 24.7 Å². The zero-order valence-electron chi connectivity index (χ0n) is 27.3. The lowest BCUT2D eigenvalue weighted by Gasteiger charge is -2.31. The van der Waals surface area contributed by atoms with Crippen LogP contribution in [0.3, 0.4) is 0 Å². The van der Waals surface area contributed by atoms with Gasteiger partial charge in [-0.15, -0.1) is 0 Å². The summed E-state index contributed by atoms with van der Waals surface area (Å²) in [4.78, 5) is 31.0. The van der Waals surface area contributed by atoms with E-state index in [9.17, 15) is 14.7 Å². The third-order valence-corrected chi connectivity index (χ3v) is 8.82. The van der Waals surface area contributed by atoms with Crippen molar-refractivity contribution in [1.29, 1.82) is 0 Å². The predicted octanol–water partition coefficient (Wildman–Crippen LogP) is 5.92. The number of rotatable bonds is 12. The second-order valence-corrected chi connectivity index (χ2v) is 11.9. The fraction of sp³-hybridized carbons (Fsp3) is 0.282. The van der Waals surface area contributed by atoms with Gasteiger partial charge in [-0.05, 0) is 65.6 Å². The summed E-state index contributed by atoms with van der Waals surface area (Å²) in [5.74, 6) is -0.0395. The topological polar surface area (TPSA) is 97.8 Å². The number of hydrogen-bond acceptors (Lipinski definition) is 8. The lowest BCUT2D eigenvalue weighted by atomic mass is 9.95. The Kier molecular flexibility index (Phi) is 10.4. The van der Waals surface area contributed by atoms with Crippen molar-refractivity contribution in [3.05, 3.63) is 130 Å². The molecule has 2 fully saturated rings. The van der Waals surface area contributed by atoms with Gasteiger partial charge in [-0.1, -0.05) is 60.7 Å². The fourth-order valence-electron chi connectivity index (χ4n) is 6.04. The number of morpholine rings is 1. The first-order chi connectivity index (χ1) is 23.4. The van der Waals surface area contributed by atoms with Crippen LogP contribution in [0.4, 0.5) is 0 Å². The SMILES string of the molecule is COc1cc(C2/C(=C(\O)c3ccc(OCc4ccccc4C)cc3)C(=O)C(=O)N2CCN2CCOCC2)ccc1OCc1ccccc1. The Morgan fingerprint density at radius 2 is 1.56 bits per heavy atom. The van der Waals surface area contributed by atoms with Crippen molar-refractivity contribution in [2.45, 2.75) is 26.2 Å². The van der Waals surface area contributed by atoms with Crippen LogP contribution in [0.2, 0.25) is 0 Å². The van der Waals surface area contributed by atoms with Gasteiger partial charge in [0.05, 0.1) is 31.9 Å². The van der Waals surface area contributed by atoms with Crippen molar-refractivity contribution in [3.8, 4) is 17.2 Å². The highest BCUT2D eigenvalue weighted by atomic mass is 16.5. The van der Waals surface area contributed by atoms with Crippen LogP contribution in [0.25, 0.3) is 5.76 Å². The van der Waals surface area contributed by atoms with Gasteiger partial charge in [0, 0.05) is 31.7 Å². The Bertz CT molecular complexity index is 1770. The molecule has 0 spiro atoms. The highest BCUT2D eigenvalue weighted by Crippen LogP contribution is 2.42. The maximum atomic E-state index is 13.7. The number of carbonyl (C=O) groups is 2. The molecule has 9 heteroatoms. The first-order valence-electron chi connectivity index (χ1n) is 16.1. The largest absolute Gasteiger partial charge is 0.507 e. The number of methoxy groups -OCH3 is 1. The number of Topliss-reactive ketones (excluding diaryl/α,β-unsaturated/α-hetero) is 1. The van der Waals surface area contributed by atoms with Gasteiger partial charge in [0.15, 0.2) is 11.5 Å². The van der Waals surface area contributed by atoms with Gasteiger partial charge >= 0.3 is 0 Å². The molecule has 0 aromatic heterocycles. The lowest BCUT2D eigenvalue weighted by Crippen LogP contribution is -2.42. The molecular formula is C39H40N2O7. The van der Waals surface area contributed by atoms with Gasteiger partial charge in [-0.3, -0.25) is 14.5 Å². The molecule has 4 aromatic rings. The van der Waals surface area contributed by atoms with Crippen LogP contribution < -0.4 is 14.2 Å². The number of likely N-dealkylation sites (tertiary alicyclic amines) is 1. The molecular weight excluding hydrogens is 608 g/mol. The Hall–Kier alpha value is -5.12. The van der Waals surface area contributed by atoms with Crippen LogP contribution >= 0.6 is 0 Å². The molecule has 0 saturated carbocycles. The van der Waals surface area contributed by atoms with E-state index in [2.05, 4.69) is 4.90 Å². The second kappa shape index (κ2) is 15.2. The van der Waals surface area contributed by atoms with E-state index in [1.54, 1.807) is 48.4 Å². The molecule has 0 bridgehead atoms. The van der Waals surface area contributed by atoms with E-state index >= 15 is 0 Å². The number of aliphatic hydroxyl groups is 1. The minimum atomic E-state index is -0.833. The molecule has 2 aliphatic rings. The third-order valence-electron chi connectivity index (χ3n) is 8.82. The van der Waals surface area contributed by atoms with Crippen LogP contribution in [0, 0.1) is 6.92 Å². The average Bonchev–Trinajstić information content (AvgIpc) is 3.38. The Morgan fingerprint density at radius 3 is 2.29 bits per heavy atom. The highest BCUT2D eigenvalue weighted by Gasteiger charge is 2.46. The van der Waals surface area contributed by atoms with E-state index in [0.717, 1.165) is 29.8 Å². The molecule has 0 radical (unpaired) electrons. The molecule has 48 heavy (non-hydrogen) atoms. The molecule has 9 nitrogen and oxygen atoms in total. The number of aliphatic hydroxyl groups excluding tert-OH is 1. The van der Waals surface area contributed by atoms with E-state index in [-0.39, 0.29) is 11.3 Å². The molecule has 1 amide bonds. The third kappa shape index (κ3) is 7.38. The zero-order valence-corrected chi connectivity index (χ0v) is 27.3. The molecule has 6 rings (SSSR count). The summed E-state index contributed by atoms with van der Waals surface area (Å²) in [6.07, 6.45) is 0. The smallest absolute Gasteiger partial charge is 0.295 e. The molecule has 2 heterocycles. The van der Waals surface area contributed by atoms with Crippen molar-refractivity contribution in [2.75, 3.05) is 46.5 Å². The minimum Gasteiger partial charge on any atom is -0.507 e. The molecule has 0 aliphatic carbocycles. The number of ketones is 1. The second-order valence-electron chi connectivity index (χ2n) is 11.9. The first-order valence-corrected chi connectivity index (χ1v) is 16.1. The van der Waals surface area contributed by atoms with Crippen molar-refractivity contribution >= 4 is 17.4 Å². The van der Waals surface area contributed by atoms with Crippen molar-refractivity contribution in [3.63, 3.8) is 0 Å². The van der Waals surface area contributed by atoms with E-state index in [0.29, 0.717) is 67.9 Å². The maximum Gasteiger partial charge on any atom is 0.295 e. The van der Waals surface area contributed by atoms with E-state index in [4.69, 9.17) is 18.9 Å². The number of aryl methyl sites for hydroxylation is 1. The monoisotopic (exact) mass is 648 g/mol. The van der Waals surface area contributed by atoms with Crippen molar-refractivity contribution in [2.24, 2.45) is 0 Å². The number of ether oxygens (including phenoxy) is 4. The standard InChI is InChI=1S/C39H40N2O7/c1-27-8-6-7-11-31(27)26-47-32-15-12-29(13-16-32)37(42)35-36(41(39(44)38(35)43)19-18-40-20-22-46-23-21-40)30-14-17-33(34(24-30)45-2)48-25-28-9-4-3-5-10-28/h3-17,24,36,42H,18-23,25-26H2,1-2H3/b37-35+. The Labute approximate surface area is 280 Å². The van der Waals surface area contributed by atoms with Crippen LogP contribution in [0.15, 0.2) is 103 Å². The summed E-state index contributed by atoms with van der Waals surface area (Å²) in [6, 6.07) is 29.2. The van der Waals surface area contributed by atoms with Crippen LogP contribution in [-0.2, 0) is 27.5 Å². The molecule has 2 aliphatic heterocycles. The van der Waals surface area contributed by atoms with Gasteiger partial charge in [-0.25, -0.2) is 0 Å². The normalized spacial score (nSPS) is 17.8. The van der Waals surface area contributed by atoms with Gasteiger partial charge in [0.2, 0.25) is 0 Å². The fourth-order valence-corrected chi connectivity index (χ4v) is 6.04. The number of nitrogens with zero attached hydrogens (tertiary/aromatic N) is 2. The van der Waals surface area contributed by atoms with Crippen molar-refractivity contribution < 1.29 is 33.6 Å². The minimum absolute atomic E-state index is 0.0237. The number of amides is 1. The Balaban J connectivity index is 1.30. The van der Waals surface area contributed by atoms with Crippen molar-refractivity contribution in [1.82, 2.24) is 9.80 Å². The summed E-state index contributed by atoms with van der Waals surface area (Å²) >= 11 is 0. The summed E-state index contributed by atoms with van der Waals surface area (Å²) < 4.78 is 23.2. The average molecular weight is 649 g/mol. The summed E-state index contributed by atoms with van der Waals surface area (Å²) in [6.45, 7) is 6.37. The van der Waals surface area contributed by atoms with Gasteiger partial charge < -0.3 is 29.0 Å². The molecule has 248 valence electrons. The number of benzene rings is 4. The lowest BCUT2D eigenvalue weighted by molar-refractivity contribution is -0.140. The quantitative estimate of drug-likeness (QED) is 0.115. The maximum absolute atomic E-state index is 13.7. The zero-order chi connectivity index (χ0) is 33.5. The van der Waals surface area contributed by atoms with Crippen LogP contribution in [0.5, 0.6) is 17.2 Å². The molecule has 1 N–H and O–H groups in total. The predicted molar refractivity (Wildman–Crippen MR) is 182 cm³/mol. The molecule has 1 atom stereocenters.